The molecule has 0 aliphatic heterocycles. The van der Waals surface area contributed by atoms with Gasteiger partial charge in [-0.25, -0.2) is 0 Å². The Morgan fingerprint density at radius 1 is 1.33 bits per heavy atom. The molecule has 1 aromatic carbocycles. The normalized spacial score (nSPS) is 21.0. The fraction of sp³-hybridized carbons (Fsp3) is 0.611. The van der Waals surface area contributed by atoms with E-state index in [2.05, 4.69) is 24.4 Å². The molecule has 2 unspecified atom stereocenters. The lowest BCUT2D eigenvalue weighted by atomic mass is 9.94. The molecule has 2 rings (SSSR count). The average Bonchev–Trinajstić information content (AvgIpc) is 2.74. The number of hydrogen-bond acceptors (Lipinski definition) is 2. The molecule has 0 spiro atoms. The van der Waals surface area contributed by atoms with E-state index in [1.54, 1.807) is 7.11 Å². The molecule has 1 aliphatic carbocycles. The van der Waals surface area contributed by atoms with Gasteiger partial charge in [0, 0.05) is 12.0 Å². The highest BCUT2D eigenvalue weighted by Crippen LogP contribution is 2.44. The van der Waals surface area contributed by atoms with Gasteiger partial charge < -0.3 is 10.1 Å². The van der Waals surface area contributed by atoms with Crippen LogP contribution in [-0.4, -0.2) is 19.6 Å². The van der Waals surface area contributed by atoms with E-state index in [0.717, 1.165) is 25.1 Å². The minimum Gasteiger partial charge on any atom is -0.497 e. The minimum atomic E-state index is -0.315. The topological polar surface area (TPSA) is 38.3 Å². The van der Waals surface area contributed by atoms with Crippen molar-refractivity contribution in [2.24, 2.45) is 5.41 Å². The largest absolute Gasteiger partial charge is 0.497 e. The van der Waals surface area contributed by atoms with Crippen LogP contribution in [0, 0.1) is 5.41 Å². The highest BCUT2D eigenvalue weighted by Gasteiger charge is 2.28. The number of fused-ring (bicyclic) bond motifs is 1. The fourth-order valence-electron chi connectivity index (χ4n) is 3.06. The highest BCUT2D eigenvalue weighted by molar-refractivity contribution is 5.81. The number of hydrogen-bond donors (Lipinski definition) is 1. The van der Waals surface area contributed by atoms with Gasteiger partial charge in [0.25, 0.3) is 0 Å². The van der Waals surface area contributed by atoms with Crippen molar-refractivity contribution in [2.45, 2.75) is 52.4 Å². The first-order valence-corrected chi connectivity index (χ1v) is 7.79. The number of carbonyl (C=O) groups excluding carboxylic acids is 1. The van der Waals surface area contributed by atoms with Crippen LogP contribution in [0.5, 0.6) is 5.75 Å². The summed E-state index contributed by atoms with van der Waals surface area (Å²) in [6, 6.07) is 6.39. The number of rotatable bonds is 4. The molecule has 0 bridgehead atoms. The summed E-state index contributed by atoms with van der Waals surface area (Å²) in [4.78, 5) is 11.9. The highest BCUT2D eigenvalue weighted by atomic mass is 16.5. The summed E-state index contributed by atoms with van der Waals surface area (Å²) in [6.07, 6.45) is 2.15. The van der Waals surface area contributed by atoms with Crippen molar-refractivity contribution in [2.75, 3.05) is 13.7 Å². The molecule has 2 atom stereocenters. The van der Waals surface area contributed by atoms with Gasteiger partial charge in [-0.2, -0.15) is 0 Å². The Balaban J connectivity index is 1.99. The molecule has 0 saturated carbocycles. The molecule has 1 N–H and O–H groups in total. The number of benzene rings is 1. The summed E-state index contributed by atoms with van der Waals surface area (Å²) in [7, 11) is 1.71. The quantitative estimate of drug-likeness (QED) is 0.914. The van der Waals surface area contributed by atoms with Gasteiger partial charge in [0.15, 0.2) is 0 Å². The Hall–Kier alpha value is -1.51. The van der Waals surface area contributed by atoms with Gasteiger partial charge in [-0.15, -0.1) is 0 Å². The fourth-order valence-corrected chi connectivity index (χ4v) is 3.06. The van der Waals surface area contributed by atoms with Crippen molar-refractivity contribution in [1.82, 2.24) is 5.32 Å². The van der Waals surface area contributed by atoms with Crippen LogP contribution in [0.25, 0.3) is 0 Å². The van der Waals surface area contributed by atoms with E-state index in [0.29, 0.717) is 11.8 Å². The Kier molecular flexibility index (Phi) is 4.60. The van der Waals surface area contributed by atoms with Crippen molar-refractivity contribution >= 4 is 5.91 Å². The van der Waals surface area contributed by atoms with Gasteiger partial charge in [0.05, 0.1) is 7.11 Å². The van der Waals surface area contributed by atoms with Crippen LogP contribution in [-0.2, 0) is 4.79 Å². The first-order chi connectivity index (χ1) is 9.82. The summed E-state index contributed by atoms with van der Waals surface area (Å²) in [5.74, 6) is 2.16. The zero-order valence-corrected chi connectivity index (χ0v) is 13.8. The third-order valence-electron chi connectivity index (χ3n) is 4.36. The summed E-state index contributed by atoms with van der Waals surface area (Å²) < 4.78 is 5.34. The Bertz CT molecular complexity index is 516. The van der Waals surface area contributed by atoms with Crippen molar-refractivity contribution in [3.05, 3.63) is 29.3 Å². The smallest absolute Gasteiger partial charge is 0.225 e. The SMILES string of the molecule is COc1ccc2c(c1)C(CCNC(=O)C(C)(C)C)CC2C. The maximum Gasteiger partial charge on any atom is 0.225 e. The van der Waals surface area contributed by atoms with Gasteiger partial charge in [0.1, 0.15) is 5.75 Å². The van der Waals surface area contributed by atoms with Gasteiger partial charge in [-0.3, -0.25) is 4.79 Å². The summed E-state index contributed by atoms with van der Waals surface area (Å²) in [5, 5.41) is 3.05. The van der Waals surface area contributed by atoms with Gasteiger partial charge in [0.2, 0.25) is 5.91 Å². The number of nitrogens with one attached hydrogen (secondary N) is 1. The van der Waals surface area contributed by atoms with E-state index in [-0.39, 0.29) is 11.3 Å². The second kappa shape index (κ2) is 6.08. The lowest BCUT2D eigenvalue weighted by Gasteiger charge is -2.19. The lowest BCUT2D eigenvalue weighted by Crippen LogP contribution is -2.35. The molecule has 116 valence electrons. The summed E-state index contributed by atoms with van der Waals surface area (Å²) >= 11 is 0. The molecule has 1 aromatic rings. The van der Waals surface area contributed by atoms with Crippen molar-refractivity contribution in [3.63, 3.8) is 0 Å². The van der Waals surface area contributed by atoms with Crippen LogP contribution in [0.4, 0.5) is 0 Å². The minimum absolute atomic E-state index is 0.124. The third-order valence-corrected chi connectivity index (χ3v) is 4.36. The molecule has 0 fully saturated rings. The standard InChI is InChI=1S/C18H27NO2/c1-12-10-13(8-9-19-17(20)18(2,3)4)16-11-14(21-5)6-7-15(12)16/h6-7,11-13H,8-10H2,1-5H3,(H,19,20). The Morgan fingerprint density at radius 3 is 2.67 bits per heavy atom. The van der Waals surface area contributed by atoms with Crippen LogP contribution in [0.2, 0.25) is 0 Å². The van der Waals surface area contributed by atoms with Crippen LogP contribution < -0.4 is 10.1 Å². The van der Waals surface area contributed by atoms with E-state index in [1.165, 1.54) is 11.1 Å². The number of carbonyl (C=O) groups is 1. The first kappa shape index (κ1) is 15.9. The molecular weight excluding hydrogens is 262 g/mol. The molecule has 0 heterocycles. The van der Waals surface area contributed by atoms with Crippen molar-refractivity contribution in [3.8, 4) is 5.75 Å². The molecule has 0 saturated heterocycles. The first-order valence-electron chi connectivity index (χ1n) is 7.79. The van der Waals surface area contributed by atoms with Crippen LogP contribution >= 0.6 is 0 Å². The molecule has 3 nitrogen and oxygen atoms in total. The van der Waals surface area contributed by atoms with E-state index in [1.807, 2.05) is 26.8 Å². The van der Waals surface area contributed by atoms with Crippen LogP contribution in [0.15, 0.2) is 18.2 Å². The summed E-state index contributed by atoms with van der Waals surface area (Å²) in [5.41, 5.74) is 2.51. The van der Waals surface area contributed by atoms with E-state index in [9.17, 15) is 4.79 Å². The molecule has 0 radical (unpaired) electrons. The second-order valence-corrected chi connectivity index (χ2v) is 7.12. The number of amides is 1. The molecule has 1 aliphatic rings. The summed E-state index contributed by atoms with van der Waals surface area (Å²) in [6.45, 7) is 8.85. The lowest BCUT2D eigenvalue weighted by molar-refractivity contribution is -0.128. The van der Waals surface area contributed by atoms with E-state index < -0.39 is 0 Å². The predicted molar refractivity (Wildman–Crippen MR) is 85.8 cm³/mol. The predicted octanol–water partition coefficient (Wildman–Crippen LogP) is 3.84. The van der Waals surface area contributed by atoms with Gasteiger partial charge in [-0.1, -0.05) is 33.8 Å². The Morgan fingerprint density at radius 2 is 2.05 bits per heavy atom. The monoisotopic (exact) mass is 289 g/mol. The van der Waals surface area contributed by atoms with Crippen LogP contribution in [0.3, 0.4) is 0 Å². The van der Waals surface area contributed by atoms with Gasteiger partial charge in [-0.05, 0) is 47.9 Å². The zero-order valence-electron chi connectivity index (χ0n) is 13.8. The maximum atomic E-state index is 11.9. The van der Waals surface area contributed by atoms with E-state index >= 15 is 0 Å². The van der Waals surface area contributed by atoms with Gasteiger partial charge >= 0.3 is 0 Å². The molecule has 3 heteroatoms. The third kappa shape index (κ3) is 3.58. The molecule has 1 amide bonds. The van der Waals surface area contributed by atoms with E-state index in [4.69, 9.17) is 4.74 Å². The average molecular weight is 289 g/mol. The number of methoxy groups -OCH3 is 1. The zero-order chi connectivity index (χ0) is 15.6. The van der Waals surface area contributed by atoms with Crippen LogP contribution in [0.1, 0.15) is 63.5 Å². The van der Waals surface area contributed by atoms with Crippen molar-refractivity contribution < 1.29 is 9.53 Å². The molecule has 0 aromatic heterocycles. The van der Waals surface area contributed by atoms with Crippen molar-refractivity contribution in [1.29, 1.82) is 0 Å². The second-order valence-electron chi connectivity index (χ2n) is 7.12. The Labute approximate surface area is 128 Å². The molecule has 21 heavy (non-hydrogen) atoms. The number of ether oxygens (including phenoxy) is 1. The maximum absolute atomic E-state index is 11.9. The molecular formula is C18H27NO2.